The molecule has 0 amide bonds. The van der Waals surface area contributed by atoms with Crippen LogP contribution < -0.4 is 16.6 Å². The number of nitrogens with one attached hydrogen (secondary N) is 2. The molecule has 1 fully saturated rings. The lowest BCUT2D eigenvalue weighted by Crippen LogP contribution is -2.42. The summed E-state index contributed by atoms with van der Waals surface area (Å²) in [6, 6.07) is 19.3. The number of carbonyl (C=O) groups is 1. The molecule has 1 atom stereocenters. The summed E-state index contributed by atoms with van der Waals surface area (Å²) in [5.74, 6) is -1.06. The second-order valence-corrected chi connectivity index (χ2v) is 15.8. The van der Waals surface area contributed by atoms with Gasteiger partial charge in [0.15, 0.2) is 5.58 Å². The van der Waals surface area contributed by atoms with E-state index in [2.05, 4.69) is 22.2 Å². The number of aliphatic hydroxyl groups excluding tert-OH is 1. The number of aliphatic hydroxyl groups is 2. The van der Waals surface area contributed by atoms with Crippen LogP contribution in [0.25, 0.3) is 22.0 Å². The highest BCUT2D eigenvalue weighted by atomic mass is 32.1. The molecule has 5 N–H and O–H groups in total. The molecule has 4 heterocycles. The summed E-state index contributed by atoms with van der Waals surface area (Å²) in [6.45, 7) is 2.15. The number of aromatic nitrogens is 2. The number of hydrogen-bond donors (Lipinski definition) is 5. The van der Waals surface area contributed by atoms with Crippen LogP contribution in [0.5, 0.6) is 5.75 Å². The van der Waals surface area contributed by atoms with Crippen LogP contribution in [-0.4, -0.2) is 74.6 Å². The van der Waals surface area contributed by atoms with Crippen molar-refractivity contribution in [2.75, 3.05) is 26.7 Å². The van der Waals surface area contributed by atoms with Gasteiger partial charge in [-0.1, -0.05) is 24.3 Å². The molecule has 7 rings (SSSR count). The number of hydrogen-bond acceptors (Lipinski definition) is 12. The van der Waals surface area contributed by atoms with E-state index in [9.17, 15) is 29.7 Å². The molecule has 0 aliphatic heterocycles. The van der Waals surface area contributed by atoms with Gasteiger partial charge in [-0.3, -0.25) is 9.36 Å². The summed E-state index contributed by atoms with van der Waals surface area (Å²) in [5, 5.41) is 40.0. The van der Waals surface area contributed by atoms with E-state index in [1.54, 1.807) is 28.8 Å². The first-order valence-electron chi connectivity index (χ1n) is 18.2. The highest BCUT2D eigenvalue weighted by Gasteiger charge is 2.45. The first-order chi connectivity index (χ1) is 26.1. The maximum absolute atomic E-state index is 13.4. The SMILES string of the molecule is CN(CCCn1c(=O)oc2cc(CCNC[C@@H](O)c3ccc(O)c4[nH]c(=O)ccc34)ccc21)C1CCC(OC(=O)C(O)(c2cccs2)c2cccs2)CC1. The zero-order valence-corrected chi connectivity index (χ0v) is 31.5. The number of aromatic hydroxyl groups is 1. The van der Waals surface area contributed by atoms with Crippen LogP contribution in [0.3, 0.4) is 0 Å². The third-order valence-electron chi connectivity index (χ3n) is 10.4. The van der Waals surface area contributed by atoms with Crippen molar-refractivity contribution in [3.05, 3.63) is 119 Å². The number of phenolic OH excluding ortho intramolecular Hbond substituents is 1. The number of fused-ring (bicyclic) bond motifs is 2. The van der Waals surface area contributed by atoms with Crippen LogP contribution >= 0.6 is 22.7 Å². The van der Waals surface area contributed by atoms with Gasteiger partial charge in [-0.05, 0) is 117 Å². The Labute approximate surface area is 319 Å². The smallest absolute Gasteiger partial charge is 0.419 e. The number of phenols is 1. The Morgan fingerprint density at radius 3 is 2.50 bits per heavy atom. The molecule has 0 unspecified atom stereocenters. The third kappa shape index (κ3) is 7.95. The van der Waals surface area contributed by atoms with Gasteiger partial charge < -0.3 is 39.7 Å². The van der Waals surface area contributed by atoms with Crippen molar-refractivity contribution in [2.24, 2.45) is 0 Å². The van der Waals surface area contributed by atoms with E-state index in [1.807, 2.05) is 41.1 Å². The minimum Gasteiger partial charge on any atom is -0.506 e. The molecule has 0 bridgehead atoms. The molecule has 0 spiro atoms. The monoisotopic (exact) mass is 772 g/mol. The van der Waals surface area contributed by atoms with Crippen LogP contribution in [0.4, 0.5) is 0 Å². The summed E-state index contributed by atoms with van der Waals surface area (Å²) < 4.78 is 13.2. The second-order valence-electron chi connectivity index (χ2n) is 13.9. The van der Waals surface area contributed by atoms with E-state index in [0.29, 0.717) is 70.2 Å². The molecule has 1 aliphatic rings. The normalized spacial score (nSPS) is 17.0. The van der Waals surface area contributed by atoms with Gasteiger partial charge >= 0.3 is 11.7 Å². The fourth-order valence-electron chi connectivity index (χ4n) is 7.40. The van der Waals surface area contributed by atoms with Crippen LogP contribution in [0.15, 0.2) is 91.5 Å². The van der Waals surface area contributed by atoms with Crippen molar-refractivity contribution in [3.63, 3.8) is 0 Å². The third-order valence-corrected chi connectivity index (χ3v) is 12.4. The quantitative estimate of drug-likeness (QED) is 0.0687. The Bertz CT molecular complexity index is 2270. The van der Waals surface area contributed by atoms with Gasteiger partial charge in [0.2, 0.25) is 11.2 Å². The maximum Gasteiger partial charge on any atom is 0.419 e. The lowest BCUT2D eigenvalue weighted by molar-refractivity contribution is -0.169. The second kappa shape index (κ2) is 16.4. The van der Waals surface area contributed by atoms with Crippen LogP contribution in [0, 0.1) is 0 Å². The number of benzene rings is 2. The van der Waals surface area contributed by atoms with E-state index >= 15 is 0 Å². The largest absolute Gasteiger partial charge is 0.506 e. The average molecular weight is 773 g/mol. The van der Waals surface area contributed by atoms with Crippen molar-refractivity contribution in [1.29, 1.82) is 0 Å². The summed E-state index contributed by atoms with van der Waals surface area (Å²) in [5.41, 5.74) is 1.04. The molecule has 284 valence electrons. The van der Waals surface area contributed by atoms with Gasteiger partial charge in [-0.25, -0.2) is 9.59 Å². The minimum atomic E-state index is -1.80. The number of ether oxygens (including phenoxy) is 1. The van der Waals surface area contributed by atoms with E-state index in [1.165, 1.54) is 34.8 Å². The summed E-state index contributed by atoms with van der Waals surface area (Å²) in [7, 11) is 2.09. The Morgan fingerprint density at radius 2 is 1.80 bits per heavy atom. The highest BCUT2D eigenvalue weighted by molar-refractivity contribution is 7.12. The number of aromatic amines is 1. The number of H-pyrrole nitrogens is 1. The van der Waals surface area contributed by atoms with Crippen molar-refractivity contribution in [2.45, 2.75) is 68.9 Å². The zero-order valence-electron chi connectivity index (χ0n) is 29.9. The lowest BCUT2D eigenvalue weighted by atomic mass is 9.91. The molecule has 0 saturated heterocycles. The van der Waals surface area contributed by atoms with Crippen LogP contribution in [-0.2, 0) is 28.1 Å². The van der Waals surface area contributed by atoms with Crippen molar-refractivity contribution < 1.29 is 29.3 Å². The molecular weight excluding hydrogens is 729 g/mol. The number of rotatable bonds is 15. The standard InChI is InChI=1S/C40H44N4O8S2/c1-43(26-8-10-27(11-9-26)51-38(48)40(50,34-5-2-21-53-34)35-6-3-22-54-35)19-4-20-44-30-14-7-25(23-33(30)52-39(44)49)17-18-41-24-32(46)28-12-15-31(45)37-29(28)13-16-36(47)42-37/h2-3,5-7,12-16,21-23,26-27,32,41,45-46,50H,4,8-11,17-20,24H2,1H3,(H,42,47)/t26?,27?,32-/m1/s1. The molecule has 54 heavy (non-hydrogen) atoms. The Hall–Kier alpha value is -4.57. The van der Waals surface area contributed by atoms with Crippen LogP contribution in [0.2, 0.25) is 0 Å². The minimum absolute atomic E-state index is 0.0536. The number of esters is 1. The molecular formula is C40H44N4O8S2. The first-order valence-corrected chi connectivity index (χ1v) is 20.0. The molecule has 6 aromatic rings. The highest BCUT2D eigenvalue weighted by Crippen LogP contribution is 2.38. The number of aryl methyl sites for hydroxylation is 1. The van der Waals surface area contributed by atoms with E-state index in [-0.39, 0.29) is 29.7 Å². The van der Waals surface area contributed by atoms with E-state index in [0.717, 1.165) is 36.9 Å². The van der Waals surface area contributed by atoms with Crippen molar-refractivity contribution in [1.82, 2.24) is 19.8 Å². The molecule has 4 aromatic heterocycles. The molecule has 12 nitrogen and oxygen atoms in total. The Morgan fingerprint density at radius 1 is 1.06 bits per heavy atom. The number of thiophene rings is 2. The molecule has 14 heteroatoms. The number of pyridine rings is 1. The Balaban J connectivity index is 0.862. The number of nitrogens with zero attached hydrogens (tertiary/aromatic N) is 2. The predicted octanol–water partition coefficient (Wildman–Crippen LogP) is 5.24. The first kappa shape index (κ1) is 37.7. The lowest BCUT2D eigenvalue weighted by Gasteiger charge is -2.35. The summed E-state index contributed by atoms with van der Waals surface area (Å²) in [6.07, 6.45) is 3.47. The van der Waals surface area contributed by atoms with E-state index < -0.39 is 17.7 Å². The summed E-state index contributed by atoms with van der Waals surface area (Å²) >= 11 is 2.67. The fraction of sp³-hybridized carbons (Fsp3) is 0.375. The van der Waals surface area contributed by atoms with Gasteiger partial charge in [0.1, 0.15) is 11.9 Å². The molecule has 0 radical (unpaired) electrons. The Kier molecular flexibility index (Phi) is 11.5. The predicted molar refractivity (Wildman–Crippen MR) is 209 cm³/mol. The molecule has 1 saturated carbocycles. The van der Waals surface area contributed by atoms with Crippen molar-refractivity contribution >= 4 is 50.6 Å². The molecule has 2 aromatic carbocycles. The van der Waals surface area contributed by atoms with Gasteiger partial charge in [-0.2, -0.15) is 0 Å². The topological polar surface area (TPSA) is 170 Å². The summed E-state index contributed by atoms with van der Waals surface area (Å²) in [4.78, 5) is 43.9. The van der Waals surface area contributed by atoms with Gasteiger partial charge in [-0.15, -0.1) is 22.7 Å². The number of carbonyl (C=O) groups excluding carboxylic acids is 1. The number of oxazole rings is 1. The fourth-order valence-corrected chi connectivity index (χ4v) is 9.12. The maximum atomic E-state index is 13.4. The van der Waals surface area contributed by atoms with Gasteiger partial charge in [0.05, 0.1) is 26.9 Å². The van der Waals surface area contributed by atoms with Crippen LogP contribution in [0.1, 0.15) is 59.1 Å². The average Bonchev–Trinajstić information content (AvgIpc) is 3.97. The molecule has 1 aliphatic carbocycles. The van der Waals surface area contributed by atoms with Crippen molar-refractivity contribution in [3.8, 4) is 5.75 Å². The zero-order chi connectivity index (χ0) is 37.8. The van der Waals surface area contributed by atoms with Gasteiger partial charge in [0, 0.05) is 30.6 Å². The van der Waals surface area contributed by atoms with Gasteiger partial charge in [0.25, 0.3) is 0 Å². The van der Waals surface area contributed by atoms with E-state index in [4.69, 9.17) is 9.15 Å².